The molecule has 1 aliphatic heterocycles. The Labute approximate surface area is 99.0 Å². The van der Waals surface area contributed by atoms with Crippen molar-refractivity contribution in [3.05, 3.63) is 29.6 Å². The minimum Gasteiger partial charge on any atom is -0.478 e. The van der Waals surface area contributed by atoms with Gasteiger partial charge in [0.1, 0.15) is 5.82 Å². The number of likely N-dealkylation sites (tertiary alicyclic amines) is 1. The number of nitrogens with zero attached hydrogens (tertiary/aromatic N) is 1. The van der Waals surface area contributed by atoms with Crippen molar-refractivity contribution in [3.8, 4) is 0 Å². The smallest absolute Gasteiger partial charge is 0.338 e. The topological polar surface area (TPSA) is 52.6 Å². The van der Waals surface area contributed by atoms with Crippen LogP contribution in [0.1, 0.15) is 16.8 Å². The van der Waals surface area contributed by atoms with Gasteiger partial charge in [-0.05, 0) is 38.2 Å². The zero-order valence-corrected chi connectivity index (χ0v) is 9.61. The summed E-state index contributed by atoms with van der Waals surface area (Å²) in [6, 6.07) is 4.40. The molecule has 0 radical (unpaired) electrons. The first-order chi connectivity index (χ1) is 8.06. The highest BCUT2D eigenvalue weighted by Gasteiger charge is 2.19. The van der Waals surface area contributed by atoms with E-state index in [2.05, 4.69) is 10.2 Å². The molecule has 0 bridgehead atoms. The predicted molar refractivity (Wildman–Crippen MR) is 62.9 cm³/mol. The second-order valence-electron chi connectivity index (χ2n) is 4.39. The Morgan fingerprint density at radius 2 is 2.35 bits per heavy atom. The molecular formula is C12H15FN2O2. The standard InChI is InChI=1S/C12H15FN2O2/c1-15-5-4-9(7-15)14-8-2-3-11(13)10(6-8)12(16)17/h2-3,6,9,14H,4-5,7H2,1H3,(H,16,17). The van der Waals surface area contributed by atoms with Crippen LogP contribution in [0.5, 0.6) is 0 Å². The first-order valence-electron chi connectivity index (χ1n) is 5.54. The molecule has 92 valence electrons. The molecular weight excluding hydrogens is 223 g/mol. The number of rotatable bonds is 3. The van der Waals surface area contributed by atoms with Crippen molar-refractivity contribution < 1.29 is 14.3 Å². The third-order valence-corrected chi connectivity index (χ3v) is 2.96. The van der Waals surface area contributed by atoms with Gasteiger partial charge in [-0.25, -0.2) is 9.18 Å². The fourth-order valence-corrected chi connectivity index (χ4v) is 2.07. The lowest BCUT2D eigenvalue weighted by Gasteiger charge is -2.14. The van der Waals surface area contributed by atoms with Gasteiger partial charge < -0.3 is 15.3 Å². The average molecular weight is 238 g/mol. The number of hydrogen-bond donors (Lipinski definition) is 2. The van der Waals surface area contributed by atoms with Crippen molar-refractivity contribution >= 4 is 11.7 Å². The zero-order chi connectivity index (χ0) is 12.4. The summed E-state index contributed by atoms with van der Waals surface area (Å²) < 4.78 is 13.2. The van der Waals surface area contributed by atoms with Crippen molar-refractivity contribution in [1.82, 2.24) is 4.90 Å². The van der Waals surface area contributed by atoms with Gasteiger partial charge >= 0.3 is 5.97 Å². The Balaban J connectivity index is 2.11. The molecule has 0 spiro atoms. The highest BCUT2D eigenvalue weighted by Crippen LogP contribution is 2.18. The van der Waals surface area contributed by atoms with Gasteiger partial charge in [0.15, 0.2) is 0 Å². The molecule has 4 nitrogen and oxygen atoms in total. The van der Waals surface area contributed by atoms with Gasteiger partial charge in [0.25, 0.3) is 0 Å². The van der Waals surface area contributed by atoms with E-state index in [0.717, 1.165) is 19.5 Å². The minimum atomic E-state index is -1.24. The normalized spacial score (nSPS) is 20.5. The van der Waals surface area contributed by atoms with E-state index in [1.807, 2.05) is 7.05 Å². The Morgan fingerprint density at radius 3 is 2.94 bits per heavy atom. The van der Waals surface area contributed by atoms with Crippen molar-refractivity contribution in [2.75, 3.05) is 25.5 Å². The van der Waals surface area contributed by atoms with Crippen LogP contribution in [0.2, 0.25) is 0 Å². The zero-order valence-electron chi connectivity index (χ0n) is 9.61. The number of carbonyl (C=O) groups is 1. The molecule has 1 aromatic carbocycles. The van der Waals surface area contributed by atoms with E-state index in [1.54, 1.807) is 6.07 Å². The first kappa shape index (κ1) is 11.9. The molecule has 0 saturated carbocycles. The highest BCUT2D eigenvalue weighted by atomic mass is 19.1. The molecule has 1 fully saturated rings. The van der Waals surface area contributed by atoms with E-state index in [4.69, 9.17) is 5.11 Å². The summed E-state index contributed by atoms with van der Waals surface area (Å²) in [5.74, 6) is -1.94. The molecule has 1 saturated heterocycles. The molecule has 1 atom stereocenters. The fourth-order valence-electron chi connectivity index (χ4n) is 2.07. The SMILES string of the molecule is CN1CCC(Nc2ccc(F)c(C(=O)O)c2)C1. The van der Waals surface area contributed by atoms with E-state index < -0.39 is 11.8 Å². The number of likely N-dealkylation sites (N-methyl/N-ethyl adjacent to an activating group) is 1. The van der Waals surface area contributed by atoms with Crippen molar-refractivity contribution in [2.24, 2.45) is 0 Å². The second kappa shape index (κ2) is 4.71. The molecule has 2 rings (SSSR count). The fraction of sp³-hybridized carbons (Fsp3) is 0.417. The maximum absolute atomic E-state index is 13.2. The maximum Gasteiger partial charge on any atom is 0.338 e. The van der Waals surface area contributed by atoms with Crippen LogP contribution in [0, 0.1) is 5.82 Å². The molecule has 1 heterocycles. The molecule has 1 aromatic rings. The highest BCUT2D eigenvalue weighted by molar-refractivity contribution is 5.89. The predicted octanol–water partition coefficient (Wildman–Crippen LogP) is 1.64. The van der Waals surface area contributed by atoms with Crippen LogP contribution >= 0.6 is 0 Å². The van der Waals surface area contributed by atoms with Crippen molar-refractivity contribution in [1.29, 1.82) is 0 Å². The van der Waals surface area contributed by atoms with Crippen molar-refractivity contribution in [2.45, 2.75) is 12.5 Å². The summed E-state index contributed by atoms with van der Waals surface area (Å²) in [5, 5.41) is 12.0. The average Bonchev–Trinajstić information content (AvgIpc) is 2.66. The number of anilines is 1. The van der Waals surface area contributed by atoms with E-state index in [0.29, 0.717) is 11.7 Å². The Hall–Kier alpha value is -1.62. The summed E-state index contributed by atoms with van der Waals surface area (Å²) >= 11 is 0. The van der Waals surface area contributed by atoms with E-state index in [9.17, 15) is 9.18 Å². The molecule has 17 heavy (non-hydrogen) atoms. The molecule has 1 aliphatic rings. The number of carboxylic acid groups (broad SMARTS) is 1. The van der Waals surface area contributed by atoms with Gasteiger partial charge in [-0.1, -0.05) is 0 Å². The first-order valence-corrected chi connectivity index (χ1v) is 5.54. The van der Waals surface area contributed by atoms with Crippen molar-refractivity contribution in [3.63, 3.8) is 0 Å². The largest absolute Gasteiger partial charge is 0.478 e. The number of benzene rings is 1. The van der Waals surface area contributed by atoms with E-state index in [1.165, 1.54) is 12.1 Å². The lowest BCUT2D eigenvalue weighted by atomic mass is 10.1. The number of halogens is 1. The summed E-state index contributed by atoms with van der Waals surface area (Å²) in [6.45, 7) is 1.93. The van der Waals surface area contributed by atoms with Gasteiger partial charge in [-0.15, -0.1) is 0 Å². The molecule has 0 aliphatic carbocycles. The van der Waals surface area contributed by atoms with Gasteiger partial charge in [0.2, 0.25) is 0 Å². The monoisotopic (exact) mass is 238 g/mol. The van der Waals surface area contributed by atoms with Gasteiger partial charge in [-0.2, -0.15) is 0 Å². The molecule has 5 heteroatoms. The maximum atomic E-state index is 13.2. The molecule has 2 N–H and O–H groups in total. The summed E-state index contributed by atoms with van der Waals surface area (Å²) in [6.07, 6.45) is 1.01. The van der Waals surface area contributed by atoms with Crippen LogP contribution < -0.4 is 5.32 Å². The Kier molecular flexibility index (Phi) is 3.28. The number of nitrogens with one attached hydrogen (secondary N) is 1. The number of aromatic carboxylic acids is 1. The van der Waals surface area contributed by atoms with E-state index >= 15 is 0 Å². The third-order valence-electron chi connectivity index (χ3n) is 2.96. The molecule has 1 unspecified atom stereocenters. The second-order valence-corrected chi connectivity index (χ2v) is 4.39. The number of hydrogen-bond acceptors (Lipinski definition) is 3. The minimum absolute atomic E-state index is 0.290. The van der Waals surface area contributed by atoms with Gasteiger partial charge in [0, 0.05) is 18.3 Å². The molecule has 0 aromatic heterocycles. The van der Waals surface area contributed by atoms with Crippen LogP contribution in [0.3, 0.4) is 0 Å². The van der Waals surface area contributed by atoms with Gasteiger partial charge in [0.05, 0.1) is 5.56 Å². The lowest BCUT2D eigenvalue weighted by molar-refractivity contribution is 0.0692. The Bertz CT molecular complexity index is 437. The van der Waals surface area contributed by atoms with Crippen LogP contribution in [-0.4, -0.2) is 42.2 Å². The van der Waals surface area contributed by atoms with E-state index in [-0.39, 0.29) is 5.56 Å². The number of carboxylic acids is 1. The molecule has 0 amide bonds. The van der Waals surface area contributed by atoms with Crippen LogP contribution in [0.4, 0.5) is 10.1 Å². The quantitative estimate of drug-likeness (QED) is 0.840. The Morgan fingerprint density at radius 1 is 1.59 bits per heavy atom. The summed E-state index contributed by atoms with van der Waals surface area (Å²) in [5.41, 5.74) is 0.366. The summed E-state index contributed by atoms with van der Waals surface area (Å²) in [7, 11) is 2.04. The van der Waals surface area contributed by atoms with Crippen LogP contribution in [0.15, 0.2) is 18.2 Å². The van der Waals surface area contributed by atoms with Crippen LogP contribution in [0.25, 0.3) is 0 Å². The lowest BCUT2D eigenvalue weighted by Crippen LogP contribution is -2.23. The summed E-state index contributed by atoms with van der Waals surface area (Å²) in [4.78, 5) is 13.0. The van der Waals surface area contributed by atoms with Gasteiger partial charge in [-0.3, -0.25) is 0 Å². The van der Waals surface area contributed by atoms with Crippen LogP contribution in [-0.2, 0) is 0 Å². The third kappa shape index (κ3) is 2.74.